The maximum Gasteiger partial charge on any atom is 0.327 e. The fourth-order valence-corrected chi connectivity index (χ4v) is 2.48. The molecule has 0 unspecified atom stereocenters. The van der Waals surface area contributed by atoms with Gasteiger partial charge in [-0.2, -0.15) is 0 Å². The van der Waals surface area contributed by atoms with Crippen molar-refractivity contribution >= 4 is 17.7 Å². The Morgan fingerprint density at radius 1 is 0.957 bits per heavy atom. The molecule has 23 heavy (non-hydrogen) atoms. The molecule has 7 heteroatoms. The van der Waals surface area contributed by atoms with Crippen LogP contribution in [0.1, 0.15) is 42.5 Å². The first-order chi connectivity index (χ1) is 11.1. The summed E-state index contributed by atoms with van der Waals surface area (Å²) < 4.78 is 5.00. The topological polar surface area (TPSA) is 96.5 Å². The van der Waals surface area contributed by atoms with Gasteiger partial charge in [-0.15, -0.1) is 0 Å². The minimum atomic E-state index is -0.877. The zero-order chi connectivity index (χ0) is 16.7. The normalized spacial score (nSPS) is 14.7. The number of hydrogen-bond donors (Lipinski definition) is 3. The van der Waals surface area contributed by atoms with Crippen LogP contribution in [0.2, 0.25) is 0 Å². The first kappa shape index (κ1) is 16.8. The van der Waals surface area contributed by atoms with Crippen molar-refractivity contribution in [3.63, 3.8) is 0 Å². The predicted molar refractivity (Wildman–Crippen MR) is 83.6 cm³/mol. The van der Waals surface area contributed by atoms with Crippen molar-refractivity contribution in [3.05, 3.63) is 29.8 Å². The molecule has 1 fully saturated rings. The van der Waals surface area contributed by atoms with E-state index in [4.69, 9.17) is 4.74 Å². The van der Waals surface area contributed by atoms with Gasteiger partial charge in [-0.25, -0.2) is 0 Å². The molecule has 3 amide bonds. The van der Waals surface area contributed by atoms with E-state index in [-0.39, 0.29) is 6.04 Å². The summed E-state index contributed by atoms with van der Waals surface area (Å²) in [4.78, 5) is 35.3. The number of ether oxygens (including phenoxy) is 1. The summed E-state index contributed by atoms with van der Waals surface area (Å²) in [5, 5.41) is 2.68. The lowest BCUT2D eigenvalue weighted by Gasteiger charge is -2.22. The monoisotopic (exact) mass is 319 g/mol. The SMILES string of the molecule is COc1ccc(C(=O)NNC(=O)C(=O)NC2CCCCC2)cc1. The van der Waals surface area contributed by atoms with Crippen LogP contribution in [0.4, 0.5) is 0 Å². The van der Waals surface area contributed by atoms with E-state index >= 15 is 0 Å². The van der Waals surface area contributed by atoms with Crippen molar-refractivity contribution in [2.45, 2.75) is 38.1 Å². The van der Waals surface area contributed by atoms with Gasteiger partial charge >= 0.3 is 11.8 Å². The Labute approximate surface area is 134 Å². The van der Waals surface area contributed by atoms with Crippen LogP contribution in [-0.2, 0) is 9.59 Å². The number of amides is 3. The Morgan fingerprint density at radius 3 is 2.22 bits per heavy atom. The molecular formula is C16H21N3O4. The molecule has 0 aliphatic heterocycles. The first-order valence-corrected chi connectivity index (χ1v) is 7.65. The minimum Gasteiger partial charge on any atom is -0.497 e. The Hall–Kier alpha value is -2.57. The average Bonchev–Trinajstić information content (AvgIpc) is 2.60. The molecule has 0 aromatic heterocycles. The second-order valence-electron chi connectivity index (χ2n) is 5.45. The first-order valence-electron chi connectivity index (χ1n) is 7.65. The number of carbonyl (C=O) groups is 3. The third-order valence-electron chi connectivity index (χ3n) is 3.79. The van der Waals surface area contributed by atoms with Gasteiger partial charge in [-0.3, -0.25) is 25.2 Å². The van der Waals surface area contributed by atoms with E-state index in [1.807, 2.05) is 0 Å². The van der Waals surface area contributed by atoms with Crippen LogP contribution >= 0.6 is 0 Å². The molecule has 0 atom stereocenters. The Kier molecular flexibility index (Phi) is 5.96. The second-order valence-corrected chi connectivity index (χ2v) is 5.45. The van der Waals surface area contributed by atoms with E-state index < -0.39 is 17.7 Å². The van der Waals surface area contributed by atoms with Gasteiger partial charge in [0, 0.05) is 11.6 Å². The van der Waals surface area contributed by atoms with E-state index in [1.54, 1.807) is 24.3 Å². The van der Waals surface area contributed by atoms with Crippen molar-refractivity contribution in [2.75, 3.05) is 7.11 Å². The van der Waals surface area contributed by atoms with Crippen molar-refractivity contribution in [1.82, 2.24) is 16.2 Å². The van der Waals surface area contributed by atoms with Crippen LogP contribution < -0.4 is 20.9 Å². The van der Waals surface area contributed by atoms with E-state index in [0.717, 1.165) is 32.1 Å². The maximum atomic E-state index is 11.9. The Bertz CT molecular complexity index is 565. The highest BCUT2D eigenvalue weighted by Crippen LogP contribution is 2.17. The third-order valence-corrected chi connectivity index (χ3v) is 3.79. The molecule has 1 aromatic rings. The fraction of sp³-hybridized carbons (Fsp3) is 0.438. The van der Waals surface area contributed by atoms with Crippen LogP contribution in [0.5, 0.6) is 5.75 Å². The number of benzene rings is 1. The standard InChI is InChI=1S/C16H21N3O4/c1-23-13-9-7-11(8-10-13)14(20)18-19-16(22)15(21)17-12-5-3-2-4-6-12/h7-10,12H,2-6H2,1H3,(H,17,21)(H,18,20)(H,19,22). The van der Waals surface area contributed by atoms with Gasteiger partial charge in [0.1, 0.15) is 5.75 Å². The molecule has 124 valence electrons. The van der Waals surface area contributed by atoms with Crippen molar-refractivity contribution in [3.8, 4) is 5.75 Å². The lowest BCUT2D eigenvalue weighted by atomic mass is 9.95. The van der Waals surface area contributed by atoms with Crippen molar-refractivity contribution in [2.24, 2.45) is 0 Å². The molecule has 0 heterocycles. The zero-order valence-corrected chi connectivity index (χ0v) is 13.1. The summed E-state index contributed by atoms with van der Waals surface area (Å²) in [7, 11) is 1.53. The third kappa shape index (κ3) is 4.98. The quantitative estimate of drug-likeness (QED) is 0.570. The van der Waals surface area contributed by atoms with Crippen LogP contribution in [0.15, 0.2) is 24.3 Å². The summed E-state index contributed by atoms with van der Waals surface area (Å²) in [6.45, 7) is 0. The summed E-state index contributed by atoms with van der Waals surface area (Å²) in [6, 6.07) is 6.42. The van der Waals surface area contributed by atoms with Gasteiger partial charge < -0.3 is 10.1 Å². The second kappa shape index (κ2) is 8.17. The molecule has 1 aliphatic carbocycles. The summed E-state index contributed by atoms with van der Waals surface area (Å²) in [5.74, 6) is -1.49. The van der Waals surface area contributed by atoms with Crippen molar-refractivity contribution in [1.29, 1.82) is 0 Å². The maximum absolute atomic E-state index is 11.9. The lowest BCUT2D eigenvalue weighted by molar-refractivity contribution is -0.140. The molecule has 2 rings (SSSR count). The predicted octanol–water partition coefficient (Wildman–Crippen LogP) is 0.905. The molecule has 0 radical (unpaired) electrons. The van der Waals surface area contributed by atoms with Crippen LogP contribution in [0.25, 0.3) is 0 Å². The van der Waals surface area contributed by atoms with Gasteiger partial charge in [0.15, 0.2) is 0 Å². The van der Waals surface area contributed by atoms with E-state index in [0.29, 0.717) is 11.3 Å². The van der Waals surface area contributed by atoms with Crippen LogP contribution in [0, 0.1) is 0 Å². The molecule has 0 spiro atoms. The number of hydrogen-bond acceptors (Lipinski definition) is 4. The van der Waals surface area contributed by atoms with Gasteiger partial charge in [0.25, 0.3) is 5.91 Å². The minimum absolute atomic E-state index is 0.0410. The number of methoxy groups -OCH3 is 1. The highest BCUT2D eigenvalue weighted by atomic mass is 16.5. The zero-order valence-electron chi connectivity index (χ0n) is 13.1. The lowest BCUT2D eigenvalue weighted by Crippen LogP contribution is -2.50. The molecule has 7 nitrogen and oxygen atoms in total. The van der Waals surface area contributed by atoms with Gasteiger partial charge in [0.05, 0.1) is 7.11 Å². The highest BCUT2D eigenvalue weighted by Gasteiger charge is 2.20. The molecule has 0 saturated heterocycles. The largest absolute Gasteiger partial charge is 0.497 e. The summed E-state index contributed by atoms with van der Waals surface area (Å²) >= 11 is 0. The Balaban J connectivity index is 1.78. The van der Waals surface area contributed by atoms with E-state index in [2.05, 4.69) is 16.2 Å². The van der Waals surface area contributed by atoms with E-state index in [1.165, 1.54) is 7.11 Å². The number of nitrogens with one attached hydrogen (secondary N) is 3. The van der Waals surface area contributed by atoms with Crippen LogP contribution in [0.3, 0.4) is 0 Å². The van der Waals surface area contributed by atoms with Crippen molar-refractivity contribution < 1.29 is 19.1 Å². The Morgan fingerprint density at radius 2 is 1.61 bits per heavy atom. The molecule has 1 aromatic carbocycles. The molecule has 1 saturated carbocycles. The molecule has 3 N–H and O–H groups in total. The number of carbonyl (C=O) groups excluding carboxylic acids is 3. The van der Waals surface area contributed by atoms with E-state index in [9.17, 15) is 14.4 Å². The molecule has 0 bridgehead atoms. The van der Waals surface area contributed by atoms with Gasteiger partial charge in [-0.1, -0.05) is 19.3 Å². The summed E-state index contributed by atoms with van der Waals surface area (Å²) in [6.07, 6.45) is 5.05. The summed E-state index contributed by atoms with van der Waals surface area (Å²) in [5.41, 5.74) is 4.68. The molecule has 1 aliphatic rings. The average molecular weight is 319 g/mol. The highest BCUT2D eigenvalue weighted by molar-refractivity contribution is 6.35. The number of hydrazine groups is 1. The smallest absolute Gasteiger partial charge is 0.327 e. The molecular weight excluding hydrogens is 298 g/mol. The van der Waals surface area contributed by atoms with Crippen LogP contribution in [-0.4, -0.2) is 30.9 Å². The fourth-order valence-electron chi connectivity index (χ4n) is 2.48. The van der Waals surface area contributed by atoms with Gasteiger partial charge in [0.2, 0.25) is 0 Å². The number of rotatable bonds is 3. The van der Waals surface area contributed by atoms with Gasteiger partial charge in [-0.05, 0) is 37.1 Å².